The van der Waals surface area contributed by atoms with Crippen molar-refractivity contribution in [3.05, 3.63) is 132 Å². The van der Waals surface area contributed by atoms with Crippen molar-refractivity contribution in [2.24, 2.45) is 0 Å². The molecule has 5 aromatic rings. The van der Waals surface area contributed by atoms with Gasteiger partial charge in [0.25, 0.3) is 0 Å². The molecule has 1 aliphatic heterocycles. The van der Waals surface area contributed by atoms with Gasteiger partial charge in [-0.2, -0.15) is 0 Å². The van der Waals surface area contributed by atoms with Gasteiger partial charge in [-0.25, -0.2) is 0 Å². The van der Waals surface area contributed by atoms with Crippen molar-refractivity contribution in [2.45, 2.75) is 18.6 Å². The molecule has 4 nitrogen and oxygen atoms in total. The number of thiocarbonyl (C=S) groups is 1. The van der Waals surface area contributed by atoms with Crippen LogP contribution in [0, 0.1) is 0 Å². The summed E-state index contributed by atoms with van der Waals surface area (Å²) in [7, 11) is 0. The van der Waals surface area contributed by atoms with Crippen molar-refractivity contribution in [1.29, 1.82) is 0 Å². The van der Waals surface area contributed by atoms with Gasteiger partial charge >= 0.3 is 0 Å². The fraction of sp³-hybridized carbons (Fsp3) is 0.103. The molecule has 34 heavy (non-hydrogen) atoms. The van der Waals surface area contributed by atoms with Crippen LogP contribution < -0.4 is 5.32 Å². The van der Waals surface area contributed by atoms with E-state index in [2.05, 4.69) is 111 Å². The number of nitrogens with one attached hydrogen (secondary N) is 1. The molecule has 0 unspecified atom stereocenters. The lowest BCUT2D eigenvalue weighted by Crippen LogP contribution is -2.30. The maximum absolute atomic E-state index is 5.87. The van der Waals surface area contributed by atoms with E-state index in [1.54, 1.807) is 0 Å². The largest absolute Gasteiger partial charge is 0.352 e. The summed E-state index contributed by atoms with van der Waals surface area (Å²) >= 11 is 5.87. The van der Waals surface area contributed by atoms with Crippen molar-refractivity contribution < 1.29 is 0 Å². The SMILES string of the molecule is S=C1N[C@H](c2ccccn2)[C@@H](c2cccn2-c2ccc3ccccc3c2)N1Cc1ccccc1. The predicted octanol–water partition coefficient (Wildman–Crippen LogP) is 6.20. The van der Waals surface area contributed by atoms with Gasteiger partial charge in [-0.05, 0) is 65.0 Å². The van der Waals surface area contributed by atoms with Crippen LogP contribution in [-0.2, 0) is 6.54 Å². The van der Waals surface area contributed by atoms with Crippen molar-refractivity contribution in [3.63, 3.8) is 0 Å². The van der Waals surface area contributed by atoms with Crippen molar-refractivity contribution in [3.8, 4) is 5.69 Å². The van der Waals surface area contributed by atoms with E-state index in [4.69, 9.17) is 12.2 Å². The second-order valence-electron chi connectivity index (χ2n) is 8.57. The zero-order valence-electron chi connectivity index (χ0n) is 18.6. The Balaban J connectivity index is 1.46. The van der Waals surface area contributed by atoms with Gasteiger partial charge in [-0.15, -0.1) is 0 Å². The Bertz CT molecular complexity index is 1450. The lowest BCUT2D eigenvalue weighted by atomic mass is 10.0. The van der Waals surface area contributed by atoms with Gasteiger partial charge in [0, 0.05) is 30.3 Å². The Morgan fingerprint density at radius 1 is 0.794 bits per heavy atom. The second-order valence-corrected chi connectivity index (χ2v) is 8.96. The van der Waals surface area contributed by atoms with E-state index in [0.717, 1.165) is 23.0 Å². The molecule has 3 aromatic carbocycles. The highest BCUT2D eigenvalue weighted by Gasteiger charge is 2.41. The van der Waals surface area contributed by atoms with Gasteiger partial charge in [0.15, 0.2) is 5.11 Å². The molecule has 0 saturated carbocycles. The standard InChI is InChI=1S/C29H24N4S/c34-29-31-27(25-13-6-7-17-30-25)28(33(29)20-21-9-2-1-3-10-21)26-14-8-18-32(26)24-16-15-22-11-4-5-12-23(22)19-24/h1-19,27-28H,20H2,(H,31,34)/t27-,28-/m1/s1. The molecule has 1 aliphatic rings. The number of hydrogen-bond acceptors (Lipinski definition) is 2. The minimum absolute atomic E-state index is 0.0101. The molecule has 0 spiro atoms. The highest BCUT2D eigenvalue weighted by Crippen LogP contribution is 2.40. The Morgan fingerprint density at radius 3 is 2.41 bits per heavy atom. The van der Waals surface area contributed by atoms with Crippen LogP contribution >= 0.6 is 12.2 Å². The van der Waals surface area contributed by atoms with Gasteiger partial charge in [0.1, 0.15) is 0 Å². The van der Waals surface area contributed by atoms with Crippen LogP contribution in [-0.4, -0.2) is 19.6 Å². The maximum atomic E-state index is 5.87. The van der Waals surface area contributed by atoms with Crippen LogP contribution in [0.5, 0.6) is 0 Å². The molecule has 1 fully saturated rings. The highest BCUT2D eigenvalue weighted by atomic mass is 32.1. The summed E-state index contributed by atoms with van der Waals surface area (Å²) in [6, 6.07) is 35.9. The van der Waals surface area contributed by atoms with Crippen LogP contribution in [0.15, 0.2) is 116 Å². The van der Waals surface area contributed by atoms with Gasteiger partial charge < -0.3 is 14.8 Å². The van der Waals surface area contributed by atoms with E-state index in [1.807, 2.05) is 24.4 Å². The quantitative estimate of drug-likeness (QED) is 0.317. The number of rotatable bonds is 5. The summed E-state index contributed by atoms with van der Waals surface area (Å²) in [6.45, 7) is 0.726. The number of aromatic nitrogens is 2. The molecule has 1 N–H and O–H groups in total. The molecule has 1 saturated heterocycles. The van der Waals surface area contributed by atoms with Crippen LogP contribution in [0.3, 0.4) is 0 Å². The number of fused-ring (bicyclic) bond motifs is 1. The Morgan fingerprint density at radius 2 is 1.59 bits per heavy atom. The van der Waals surface area contributed by atoms with E-state index >= 15 is 0 Å². The predicted molar refractivity (Wildman–Crippen MR) is 141 cm³/mol. The summed E-state index contributed by atoms with van der Waals surface area (Å²) in [6.07, 6.45) is 3.98. The molecule has 2 aromatic heterocycles. The maximum Gasteiger partial charge on any atom is 0.170 e. The Labute approximate surface area is 204 Å². The zero-order valence-corrected chi connectivity index (χ0v) is 19.4. The summed E-state index contributed by atoms with van der Waals surface area (Å²) < 4.78 is 2.28. The third-order valence-electron chi connectivity index (χ3n) is 6.49. The molecule has 6 rings (SSSR count). The van der Waals surface area contributed by atoms with E-state index in [0.29, 0.717) is 0 Å². The van der Waals surface area contributed by atoms with Crippen LogP contribution in [0.1, 0.15) is 29.0 Å². The van der Waals surface area contributed by atoms with Gasteiger partial charge in [0.2, 0.25) is 0 Å². The Hall–Kier alpha value is -3.96. The first-order valence-corrected chi connectivity index (χ1v) is 11.9. The van der Waals surface area contributed by atoms with E-state index in [1.165, 1.54) is 22.0 Å². The molecule has 2 atom stereocenters. The number of nitrogens with zero attached hydrogens (tertiary/aromatic N) is 3. The molecule has 5 heteroatoms. The topological polar surface area (TPSA) is 33.1 Å². The van der Waals surface area contributed by atoms with Crippen molar-refractivity contribution >= 4 is 28.1 Å². The van der Waals surface area contributed by atoms with E-state index < -0.39 is 0 Å². The first-order valence-electron chi connectivity index (χ1n) is 11.5. The number of pyridine rings is 1. The minimum Gasteiger partial charge on any atom is -0.352 e. The van der Waals surface area contributed by atoms with Crippen molar-refractivity contribution in [2.75, 3.05) is 0 Å². The van der Waals surface area contributed by atoms with Crippen LogP contribution in [0.2, 0.25) is 0 Å². The van der Waals surface area contributed by atoms with E-state index in [-0.39, 0.29) is 12.1 Å². The smallest absolute Gasteiger partial charge is 0.170 e. The number of hydrogen-bond donors (Lipinski definition) is 1. The summed E-state index contributed by atoms with van der Waals surface area (Å²) in [5.41, 5.74) is 4.52. The molecule has 0 bridgehead atoms. The molecule has 3 heterocycles. The lowest BCUT2D eigenvalue weighted by Gasteiger charge is -2.29. The number of benzene rings is 3. The average Bonchev–Trinajstić information content (AvgIpc) is 3.49. The third kappa shape index (κ3) is 3.74. The highest BCUT2D eigenvalue weighted by molar-refractivity contribution is 7.80. The minimum atomic E-state index is -0.0495. The van der Waals surface area contributed by atoms with Crippen molar-refractivity contribution in [1.82, 2.24) is 19.8 Å². The van der Waals surface area contributed by atoms with Gasteiger partial charge in [-0.3, -0.25) is 4.98 Å². The second kappa shape index (κ2) is 8.76. The van der Waals surface area contributed by atoms with Crippen LogP contribution in [0.25, 0.3) is 16.5 Å². The summed E-state index contributed by atoms with van der Waals surface area (Å²) in [5.74, 6) is 0. The monoisotopic (exact) mass is 460 g/mol. The fourth-order valence-corrected chi connectivity index (χ4v) is 5.18. The van der Waals surface area contributed by atoms with E-state index in [9.17, 15) is 0 Å². The first-order chi connectivity index (χ1) is 16.8. The zero-order chi connectivity index (χ0) is 22.9. The molecule has 0 amide bonds. The molecule has 0 radical (unpaired) electrons. The summed E-state index contributed by atoms with van der Waals surface area (Å²) in [4.78, 5) is 6.97. The molecular weight excluding hydrogens is 436 g/mol. The van der Waals surface area contributed by atoms with Gasteiger partial charge in [-0.1, -0.05) is 66.7 Å². The van der Waals surface area contributed by atoms with Crippen LogP contribution in [0.4, 0.5) is 0 Å². The molecular formula is C29H24N4S. The molecule has 166 valence electrons. The normalized spacial score (nSPS) is 17.8. The summed E-state index contributed by atoms with van der Waals surface area (Å²) in [5, 5.41) is 6.78. The lowest BCUT2D eigenvalue weighted by molar-refractivity contribution is 0.302. The fourth-order valence-electron chi connectivity index (χ4n) is 4.87. The average molecular weight is 461 g/mol. The first kappa shape index (κ1) is 20.6. The third-order valence-corrected chi connectivity index (χ3v) is 6.84. The molecule has 0 aliphatic carbocycles. The Kier molecular flexibility index (Phi) is 5.32. The van der Waals surface area contributed by atoms with Gasteiger partial charge in [0.05, 0.1) is 17.8 Å².